The lowest BCUT2D eigenvalue weighted by Crippen LogP contribution is -2.36. The van der Waals surface area contributed by atoms with Gasteiger partial charge in [0, 0.05) is 12.3 Å². The quantitative estimate of drug-likeness (QED) is 0.743. The van der Waals surface area contributed by atoms with E-state index < -0.39 is 9.84 Å². The fraction of sp³-hybridized carbons (Fsp3) is 1.00. The van der Waals surface area contributed by atoms with Crippen LogP contribution in [0.25, 0.3) is 0 Å². The molecule has 0 aromatic rings. The first-order valence-corrected chi connectivity index (χ1v) is 6.75. The van der Waals surface area contributed by atoms with Crippen LogP contribution in [0.15, 0.2) is 0 Å². The molecule has 1 fully saturated rings. The van der Waals surface area contributed by atoms with E-state index in [4.69, 9.17) is 5.73 Å². The molecule has 2 N–H and O–H groups in total. The Balaban J connectivity index is 2.71. The SMILES string of the molecule is CCS(=O)(=O)[C@@H](CN)C1CCCC1. The van der Waals surface area contributed by atoms with Crippen LogP contribution in [0.1, 0.15) is 32.6 Å². The van der Waals surface area contributed by atoms with E-state index in [0.717, 1.165) is 12.8 Å². The van der Waals surface area contributed by atoms with Crippen molar-refractivity contribution >= 4 is 9.84 Å². The summed E-state index contributed by atoms with van der Waals surface area (Å²) in [6.07, 6.45) is 4.42. The van der Waals surface area contributed by atoms with Crippen molar-refractivity contribution < 1.29 is 8.42 Å². The highest BCUT2D eigenvalue weighted by atomic mass is 32.2. The van der Waals surface area contributed by atoms with Gasteiger partial charge in [-0.1, -0.05) is 19.8 Å². The molecule has 1 rings (SSSR count). The van der Waals surface area contributed by atoms with Crippen molar-refractivity contribution in [2.75, 3.05) is 12.3 Å². The average Bonchev–Trinajstić information content (AvgIpc) is 2.58. The van der Waals surface area contributed by atoms with E-state index in [1.165, 1.54) is 12.8 Å². The van der Waals surface area contributed by atoms with Gasteiger partial charge in [-0.2, -0.15) is 0 Å². The standard InChI is InChI=1S/C9H19NO2S/c1-2-13(11,12)9(7-10)8-5-3-4-6-8/h8-9H,2-7,10H2,1H3/t9-/m0/s1. The van der Waals surface area contributed by atoms with Crippen LogP contribution < -0.4 is 5.73 Å². The molecule has 0 aromatic heterocycles. The van der Waals surface area contributed by atoms with Crippen molar-refractivity contribution in [3.63, 3.8) is 0 Å². The van der Waals surface area contributed by atoms with E-state index in [1.807, 2.05) is 0 Å². The maximum Gasteiger partial charge on any atom is 0.154 e. The van der Waals surface area contributed by atoms with Crippen LogP contribution in [0.3, 0.4) is 0 Å². The lowest BCUT2D eigenvalue weighted by atomic mass is 10.0. The van der Waals surface area contributed by atoms with Crippen molar-refractivity contribution in [3.05, 3.63) is 0 Å². The lowest BCUT2D eigenvalue weighted by Gasteiger charge is -2.20. The molecule has 0 bridgehead atoms. The highest BCUT2D eigenvalue weighted by molar-refractivity contribution is 7.92. The highest BCUT2D eigenvalue weighted by Gasteiger charge is 2.32. The van der Waals surface area contributed by atoms with Gasteiger partial charge in [0.25, 0.3) is 0 Å². The normalized spacial score (nSPS) is 22.0. The Bertz CT molecular complexity index is 242. The van der Waals surface area contributed by atoms with E-state index in [9.17, 15) is 8.42 Å². The summed E-state index contributed by atoms with van der Waals surface area (Å²) in [6, 6.07) is 0. The summed E-state index contributed by atoms with van der Waals surface area (Å²) in [5.74, 6) is 0.556. The molecule has 4 heteroatoms. The second-order valence-corrected chi connectivity index (χ2v) is 6.28. The molecule has 0 aromatic carbocycles. The Labute approximate surface area is 80.6 Å². The van der Waals surface area contributed by atoms with Crippen LogP contribution in [0, 0.1) is 5.92 Å². The second kappa shape index (κ2) is 4.42. The van der Waals surface area contributed by atoms with E-state index in [2.05, 4.69) is 0 Å². The maximum absolute atomic E-state index is 11.6. The minimum Gasteiger partial charge on any atom is -0.329 e. The van der Waals surface area contributed by atoms with Crippen molar-refractivity contribution in [2.24, 2.45) is 11.7 Å². The van der Waals surface area contributed by atoms with E-state index >= 15 is 0 Å². The first-order valence-electron chi connectivity index (χ1n) is 5.03. The molecule has 3 nitrogen and oxygen atoms in total. The fourth-order valence-corrected chi connectivity index (χ4v) is 3.76. The summed E-state index contributed by atoms with van der Waals surface area (Å²) >= 11 is 0. The van der Waals surface area contributed by atoms with E-state index in [-0.39, 0.29) is 11.0 Å². The molecule has 0 amide bonds. The molecular weight excluding hydrogens is 186 g/mol. The van der Waals surface area contributed by atoms with Crippen LogP contribution in [0.2, 0.25) is 0 Å². The molecular formula is C9H19NO2S. The number of hydrogen-bond donors (Lipinski definition) is 1. The van der Waals surface area contributed by atoms with E-state index in [0.29, 0.717) is 12.5 Å². The van der Waals surface area contributed by atoms with Crippen LogP contribution >= 0.6 is 0 Å². The molecule has 0 unspecified atom stereocenters. The molecule has 0 heterocycles. The maximum atomic E-state index is 11.6. The van der Waals surface area contributed by atoms with Gasteiger partial charge in [0.2, 0.25) is 0 Å². The summed E-state index contributed by atoms with van der Waals surface area (Å²) < 4.78 is 23.3. The topological polar surface area (TPSA) is 60.2 Å². The monoisotopic (exact) mass is 205 g/mol. The van der Waals surface area contributed by atoms with Gasteiger partial charge in [-0.15, -0.1) is 0 Å². The smallest absolute Gasteiger partial charge is 0.154 e. The van der Waals surface area contributed by atoms with Gasteiger partial charge >= 0.3 is 0 Å². The summed E-state index contributed by atoms with van der Waals surface area (Å²) in [5, 5.41) is -0.278. The van der Waals surface area contributed by atoms with Crippen LogP contribution in [-0.4, -0.2) is 26.0 Å². The predicted molar refractivity (Wildman–Crippen MR) is 54.3 cm³/mol. The number of hydrogen-bond acceptors (Lipinski definition) is 3. The van der Waals surface area contributed by atoms with Crippen LogP contribution in [0.4, 0.5) is 0 Å². The number of nitrogens with two attached hydrogens (primary N) is 1. The summed E-state index contributed by atoms with van der Waals surface area (Å²) in [4.78, 5) is 0. The zero-order valence-electron chi connectivity index (χ0n) is 8.20. The Morgan fingerprint density at radius 3 is 2.31 bits per heavy atom. The number of rotatable bonds is 4. The lowest BCUT2D eigenvalue weighted by molar-refractivity contribution is 0.487. The molecule has 0 radical (unpaired) electrons. The van der Waals surface area contributed by atoms with Crippen molar-refractivity contribution in [2.45, 2.75) is 37.9 Å². The van der Waals surface area contributed by atoms with Gasteiger partial charge in [0.05, 0.1) is 5.25 Å². The average molecular weight is 205 g/mol. The molecule has 0 aliphatic heterocycles. The first-order chi connectivity index (χ1) is 6.11. The molecule has 0 spiro atoms. The Morgan fingerprint density at radius 1 is 1.38 bits per heavy atom. The zero-order valence-corrected chi connectivity index (χ0v) is 9.02. The summed E-state index contributed by atoms with van der Waals surface area (Å²) in [5.41, 5.74) is 5.54. The fourth-order valence-electron chi connectivity index (χ4n) is 2.18. The summed E-state index contributed by atoms with van der Waals surface area (Å²) in [7, 11) is -2.92. The molecule has 1 atom stereocenters. The minimum atomic E-state index is -2.92. The van der Waals surface area contributed by atoms with Crippen molar-refractivity contribution in [1.82, 2.24) is 0 Å². The second-order valence-electron chi connectivity index (χ2n) is 3.77. The third kappa shape index (κ3) is 2.44. The molecule has 78 valence electrons. The molecule has 1 saturated carbocycles. The zero-order chi connectivity index (χ0) is 9.90. The third-order valence-electron chi connectivity index (χ3n) is 3.02. The van der Waals surface area contributed by atoms with Crippen molar-refractivity contribution in [1.29, 1.82) is 0 Å². The third-order valence-corrected chi connectivity index (χ3v) is 5.33. The van der Waals surface area contributed by atoms with Gasteiger partial charge in [-0.25, -0.2) is 8.42 Å². The van der Waals surface area contributed by atoms with Gasteiger partial charge < -0.3 is 5.73 Å². The van der Waals surface area contributed by atoms with Crippen molar-refractivity contribution in [3.8, 4) is 0 Å². The predicted octanol–water partition coefficient (Wildman–Crippen LogP) is 0.939. The Hall–Kier alpha value is -0.0900. The molecule has 1 aliphatic carbocycles. The van der Waals surface area contributed by atoms with Gasteiger partial charge in [-0.05, 0) is 18.8 Å². The Kier molecular flexibility index (Phi) is 3.74. The molecule has 13 heavy (non-hydrogen) atoms. The van der Waals surface area contributed by atoms with Crippen LogP contribution in [0.5, 0.6) is 0 Å². The van der Waals surface area contributed by atoms with Gasteiger partial charge in [0.15, 0.2) is 9.84 Å². The van der Waals surface area contributed by atoms with E-state index in [1.54, 1.807) is 6.92 Å². The van der Waals surface area contributed by atoms with Gasteiger partial charge in [-0.3, -0.25) is 0 Å². The minimum absolute atomic E-state index is 0.228. The summed E-state index contributed by atoms with van der Waals surface area (Å²) in [6.45, 7) is 1.99. The van der Waals surface area contributed by atoms with Crippen LogP contribution in [-0.2, 0) is 9.84 Å². The Morgan fingerprint density at radius 2 is 1.92 bits per heavy atom. The first kappa shape index (κ1) is 11.0. The highest BCUT2D eigenvalue weighted by Crippen LogP contribution is 2.30. The molecule has 1 aliphatic rings. The number of sulfone groups is 1. The largest absolute Gasteiger partial charge is 0.329 e. The van der Waals surface area contributed by atoms with Gasteiger partial charge in [0.1, 0.15) is 0 Å². The molecule has 0 saturated heterocycles.